The third-order valence-electron chi connectivity index (χ3n) is 5.18. The van der Waals surface area contributed by atoms with Crippen LogP contribution in [0.3, 0.4) is 0 Å². The zero-order valence-corrected chi connectivity index (χ0v) is 18.9. The Balaban J connectivity index is 1.69. The van der Waals surface area contributed by atoms with Gasteiger partial charge in [-0.15, -0.1) is 0 Å². The maximum Gasteiger partial charge on any atom is 0.239 e. The summed E-state index contributed by atoms with van der Waals surface area (Å²) in [4.78, 5) is 26.4. The number of anilines is 2. The average molecular weight is 452 g/mol. The largest absolute Gasteiger partial charge is 0.360 e. The van der Waals surface area contributed by atoms with Crippen LogP contribution in [0.4, 0.5) is 16.0 Å². The standard InChI is InChI=1S/C23H25FN6O3/c1-14-9-20(28-33-14)26-21(31)12-29(4)13-22(32)27-23-19(10-25)15(2)16(3)30(23)11-17-5-7-18(24)8-6-17/h5-9H,11-13H2,1-4H3,(H,27,32)(H,26,28,31). The Labute approximate surface area is 190 Å². The van der Waals surface area contributed by atoms with Crippen LogP contribution in [0.15, 0.2) is 34.9 Å². The van der Waals surface area contributed by atoms with Crippen molar-refractivity contribution in [2.75, 3.05) is 30.8 Å². The quantitative estimate of drug-likeness (QED) is 0.543. The maximum absolute atomic E-state index is 13.3. The number of amides is 2. The predicted molar refractivity (Wildman–Crippen MR) is 120 cm³/mol. The second-order valence-corrected chi connectivity index (χ2v) is 7.85. The van der Waals surface area contributed by atoms with Gasteiger partial charge in [-0.05, 0) is 51.1 Å². The van der Waals surface area contributed by atoms with E-state index in [1.807, 2.05) is 18.4 Å². The SMILES string of the molecule is Cc1cc(NC(=O)CN(C)CC(=O)Nc2c(C#N)c(C)c(C)n2Cc2ccc(F)cc2)no1. The molecule has 10 heteroatoms. The van der Waals surface area contributed by atoms with Gasteiger partial charge in [0.25, 0.3) is 0 Å². The van der Waals surface area contributed by atoms with Gasteiger partial charge in [-0.1, -0.05) is 17.3 Å². The highest BCUT2D eigenvalue weighted by atomic mass is 19.1. The highest BCUT2D eigenvalue weighted by Crippen LogP contribution is 2.27. The Morgan fingerprint density at radius 2 is 1.79 bits per heavy atom. The number of nitriles is 1. The molecule has 2 N–H and O–H groups in total. The number of carbonyl (C=O) groups excluding carboxylic acids is 2. The minimum Gasteiger partial charge on any atom is -0.360 e. The van der Waals surface area contributed by atoms with Crippen LogP contribution in [-0.4, -0.2) is 46.6 Å². The zero-order valence-electron chi connectivity index (χ0n) is 18.9. The van der Waals surface area contributed by atoms with Gasteiger partial charge in [-0.3, -0.25) is 14.5 Å². The van der Waals surface area contributed by atoms with E-state index in [2.05, 4.69) is 21.9 Å². The monoisotopic (exact) mass is 452 g/mol. The van der Waals surface area contributed by atoms with E-state index < -0.39 is 0 Å². The molecule has 0 fully saturated rings. The van der Waals surface area contributed by atoms with Gasteiger partial charge in [-0.2, -0.15) is 5.26 Å². The molecule has 9 nitrogen and oxygen atoms in total. The molecule has 0 atom stereocenters. The minimum absolute atomic E-state index is 0.0426. The van der Waals surface area contributed by atoms with E-state index >= 15 is 0 Å². The number of hydrogen-bond acceptors (Lipinski definition) is 6. The molecule has 0 aliphatic heterocycles. The number of aromatic nitrogens is 2. The molecular formula is C23H25FN6O3. The van der Waals surface area contributed by atoms with Gasteiger partial charge in [0.05, 0.1) is 18.7 Å². The summed E-state index contributed by atoms with van der Waals surface area (Å²) >= 11 is 0. The highest BCUT2D eigenvalue weighted by molar-refractivity contribution is 5.95. The van der Waals surface area contributed by atoms with E-state index in [0.717, 1.165) is 16.8 Å². The van der Waals surface area contributed by atoms with E-state index in [9.17, 15) is 19.2 Å². The molecule has 1 aromatic carbocycles. The third kappa shape index (κ3) is 5.84. The molecule has 0 spiro atoms. The van der Waals surface area contributed by atoms with Crippen molar-refractivity contribution in [3.8, 4) is 6.07 Å². The number of halogens is 1. The lowest BCUT2D eigenvalue weighted by Crippen LogP contribution is -2.36. The number of likely N-dealkylation sites (N-methyl/N-ethyl adjacent to an activating group) is 1. The first kappa shape index (κ1) is 23.7. The summed E-state index contributed by atoms with van der Waals surface area (Å²) in [5, 5.41) is 18.8. The van der Waals surface area contributed by atoms with Gasteiger partial charge in [0.2, 0.25) is 11.8 Å². The topological polar surface area (TPSA) is 116 Å². The molecule has 3 rings (SSSR count). The molecule has 0 saturated heterocycles. The Hall–Kier alpha value is -3.97. The third-order valence-corrected chi connectivity index (χ3v) is 5.18. The lowest BCUT2D eigenvalue weighted by Gasteiger charge is -2.17. The molecule has 0 aliphatic carbocycles. The molecule has 2 heterocycles. The zero-order chi connectivity index (χ0) is 24.1. The Bertz CT molecular complexity index is 1210. The van der Waals surface area contributed by atoms with Crippen molar-refractivity contribution < 1.29 is 18.5 Å². The fraction of sp³-hybridized carbons (Fsp3) is 0.304. The summed E-state index contributed by atoms with van der Waals surface area (Å²) in [5.41, 5.74) is 2.77. The van der Waals surface area contributed by atoms with Gasteiger partial charge in [0.15, 0.2) is 5.82 Å². The van der Waals surface area contributed by atoms with Crippen molar-refractivity contribution in [2.45, 2.75) is 27.3 Å². The van der Waals surface area contributed by atoms with E-state index in [1.54, 1.807) is 32.2 Å². The summed E-state index contributed by atoms with van der Waals surface area (Å²) < 4.78 is 20.0. The van der Waals surface area contributed by atoms with Crippen LogP contribution in [0, 0.1) is 37.9 Å². The van der Waals surface area contributed by atoms with Crippen molar-refractivity contribution in [3.63, 3.8) is 0 Å². The summed E-state index contributed by atoms with van der Waals surface area (Å²) in [6, 6.07) is 9.79. The summed E-state index contributed by atoms with van der Waals surface area (Å²) in [7, 11) is 1.63. The number of hydrogen-bond donors (Lipinski definition) is 2. The molecule has 2 amide bonds. The molecule has 3 aromatic rings. The lowest BCUT2D eigenvalue weighted by molar-refractivity contribution is -0.119. The number of rotatable bonds is 8. The fourth-order valence-corrected chi connectivity index (χ4v) is 3.43. The number of nitrogens with zero attached hydrogens (tertiary/aromatic N) is 4. The van der Waals surface area contributed by atoms with Crippen LogP contribution in [0.2, 0.25) is 0 Å². The van der Waals surface area contributed by atoms with Gasteiger partial charge in [-0.25, -0.2) is 4.39 Å². The lowest BCUT2D eigenvalue weighted by atomic mass is 10.2. The van der Waals surface area contributed by atoms with Crippen LogP contribution in [0.5, 0.6) is 0 Å². The fourth-order valence-electron chi connectivity index (χ4n) is 3.43. The summed E-state index contributed by atoms with van der Waals surface area (Å²) in [6.45, 7) is 5.63. The van der Waals surface area contributed by atoms with Crippen molar-refractivity contribution in [1.82, 2.24) is 14.6 Å². The normalized spacial score (nSPS) is 10.8. The molecule has 0 bridgehead atoms. The van der Waals surface area contributed by atoms with Crippen LogP contribution >= 0.6 is 0 Å². The first-order valence-electron chi connectivity index (χ1n) is 10.2. The van der Waals surface area contributed by atoms with Crippen LogP contribution in [-0.2, 0) is 16.1 Å². The van der Waals surface area contributed by atoms with Gasteiger partial charge in [0.1, 0.15) is 23.5 Å². The molecule has 172 valence electrons. The highest BCUT2D eigenvalue weighted by Gasteiger charge is 2.21. The minimum atomic E-state index is -0.378. The van der Waals surface area contributed by atoms with Crippen molar-refractivity contribution in [2.24, 2.45) is 0 Å². The van der Waals surface area contributed by atoms with E-state index in [1.165, 1.54) is 17.0 Å². The first-order valence-corrected chi connectivity index (χ1v) is 10.2. The molecule has 0 saturated carbocycles. The van der Waals surface area contributed by atoms with Crippen molar-refractivity contribution in [3.05, 3.63) is 64.3 Å². The van der Waals surface area contributed by atoms with E-state index in [0.29, 0.717) is 29.5 Å². The Morgan fingerprint density at radius 1 is 1.15 bits per heavy atom. The number of aryl methyl sites for hydroxylation is 1. The number of carbonyl (C=O) groups is 2. The molecule has 0 radical (unpaired) electrons. The van der Waals surface area contributed by atoms with Crippen LogP contribution in [0.25, 0.3) is 0 Å². The van der Waals surface area contributed by atoms with Crippen molar-refractivity contribution >= 4 is 23.5 Å². The Morgan fingerprint density at radius 3 is 2.36 bits per heavy atom. The number of nitrogens with one attached hydrogen (secondary N) is 2. The second-order valence-electron chi connectivity index (χ2n) is 7.85. The summed E-state index contributed by atoms with van der Waals surface area (Å²) in [5.74, 6) is 0.188. The van der Waals surface area contributed by atoms with Crippen LogP contribution in [0.1, 0.15) is 28.1 Å². The molecule has 2 aromatic heterocycles. The molecular weight excluding hydrogens is 427 g/mol. The molecule has 0 unspecified atom stereocenters. The second kappa shape index (κ2) is 10.1. The molecule has 33 heavy (non-hydrogen) atoms. The average Bonchev–Trinajstić information content (AvgIpc) is 3.25. The van der Waals surface area contributed by atoms with E-state index in [4.69, 9.17) is 4.52 Å². The van der Waals surface area contributed by atoms with Gasteiger partial charge >= 0.3 is 0 Å². The van der Waals surface area contributed by atoms with E-state index in [-0.39, 0.29) is 30.7 Å². The maximum atomic E-state index is 13.3. The van der Waals surface area contributed by atoms with Gasteiger partial charge < -0.3 is 19.7 Å². The predicted octanol–water partition coefficient (Wildman–Crippen LogP) is 2.97. The smallest absolute Gasteiger partial charge is 0.239 e. The number of benzene rings is 1. The van der Waals surface area contributed by atoms with Gasteiger partial charge in [0, 0.05) is 18.3 Å². The summed E-state index contributed by atoms with van der Waals surface area (Å²) in [6.07, 6.45) is 0. The first-order chi connectivity index (χ1) is 15.7. The molecule has 0 aliphatic rings. The van der Waals surface area contributed by atoms with Crippen LogP contribution < -0.4 is 10.6 Å². The Kier molecular flexibility index (Phi) is 7.25. The van der Waals surface area contributed by atoms with Crippen molar-refractivity contribution in [1.29, 1.82) is 5.26 Å².